The molecule has 0 aliphatic carbocycles. The van der Waals surface area contributed by atoms with Gasteiger partial charge in [0, 0.05) is 25.2 Å². The monoisotopic (exact) mass is 480 g/mol. The summed E-state index contributed by atoms with van der Waals surface area (Å²) in [6.45, 7) is 0.129. The van der Waals surface area contributed by atoms with Gasteiger partial charge in [-0.3, -0.25) is 9.48 Å². The molecule has 0 bridgehead atoms. The lowest BCUT2D eigenvalue weighted by Crippen LogP contribution is -2.41. The van der Waals surface area contributed by atoms with E-state index in [2.05, 4.69) is 10.4 Å². The van der Waals surface area contributed by atoms with Gasteiger partial charge in [-0.05, 0) is 30.2 Å². The van der Waals surface area contributed by atoms with Gasteiger partial charge in [0.05, 0.1) is 21.8 Å². The van der Waals surface area contributed by atoms with Crippen LogP contribution in [0.4, 0.5) is 8.78 Å². The van der Waals surface area contributed by atoms with Crippen molar-refractivity contribution in [2.75, 3.05) is 6.54 Å². The van der Waals surface area contributed by atoms with E-state index in [-0.39, 0.29) is 31.3 Å². The molecule has 0 aliphatic rings. The van der Waals surface area contributed by atoms with Crippen LogP contribution in [0.15, 0.2) is 30.5 Å². The minimum Gasteiger partial charge on any atom is -0.347 e. The predicted octanol–water partition coefficient (Wildman–Crippen LogP) is 4.46. The van der Waals surface area contributed by atoms with Crippen molar-refractivity contribution in [2.45, 2.75) is 12.5 Å². The first-order chi connectivity index (χ1) is 13.3. The number of carbonyl (C=O) groups excluding carboxylic acids is 1. The maximum Gasteiger partial charge on any atom is 0.261 e. The summed E-state index contributed by atoms with van der Waals surface area (Å²) in [4.78, 5) is 13.0. The van der Waals surface area contributed by atoms with Crippen LogP contribution in [0.25, 0.3) is 11.3 Å². The molecule has 0 radical (unpaired) electrons. The van der Waals surface area contributed by atoms with Crippen LogP contribution in [-0.4, -0.2) is 28.3 Å². The van der Waals surface area contributed by atoms with Crippen molar-refractivity contribution < 1.29 is 13.6 Å². The van der Waals surface area contributed by atoms with E-state index >= 15 is 0 Å². The number of hydrogen-bond acceptors (Lipinski definition) is 4. The van der Waals surface area contributed by atoms with E-state index in [4.69, 9.17) is 28.9 Å². The maximum atomic E-state index is 13.4. The van der Waals surface area contributed by atoms with E-state index in [9.17, 15) is 13.6 Å². The minimum absolute atomic E-state index is 0. The van der Waals surface area contributed by atoms with Crippen molar-refractivity contribution in [3.05, 3.63) is 61.9 Å². The number of carbonyl (C=O) groups is 1. The van der Waals surface area contributed by atoms with E-state index in [1.807, 2.05) is 0 Å². The number of rotatable bonds is 6. The van der Waals surface area contributed by atoms with Crippen LogP contribution in [-0.2, 0) is 13.5 Å². The van der Waals surface area contributed by atoms with E-state index in [1.54, 1.807) is 17.8 Å². The number of aromatic nitrogens is 2. The third-order valence-electron chi connectivity index (χ3n) is 4.15. The molecule has 1 atom stereocenters. The second-order valence-corrected chi connectivity index (χ2v) is 8.18. The Balaban J connectivity index is 0.00000300. The predicted molar refractivity (Wildman–Crippen MR) is 114 cm³/mol. The number of nitrogens with zero attached hydrogens (tertiary/aromatic N) is 2. The lowest BCUT2D eigenvalue weighted by molar-refractivity contribution is 0.0942. The molecular weight excluding hydrogens is 465 g/mol. The molecule has 0 fully saturated rings. The zero-order valence-electron chi connectivity index (χ0n) is 15.1. The molecule has 3 rings (SSSR count). The molecule has 1 aromatic carbocycles. The van der Waals surface area contributed by atoms with Gasteiger partial charge >= 0.3 is 0 Å². The molecule has 1 unspecified atom stereocenters. The van der Waals surface area contributed by atoms with Crippen molar-refractivity contribution in [2.24, 2.45) is 12.8 Å². The second-order valence-electron chi connectivity index (χ2n) is 6.12. The molecule has 1 amide bonds. The van der Waals surface area contributed by atoms with Gasteiger partial charge in [0.25, 0.3) is 5.91 Å². The molecular formula is C18H17Cl3F2N4OS. The van der Waals surface area contributed by atoms with Crippen LogP contribution in [0, 0.1) is 11.6 Å². The number of benzene rings is 1. The molecule has 3 aromatic rings. The van der Waals surface area contributed by atoms with Crippen LogP contribution in [0.1, 0.15) is 15.2 Å². The minimum atomic E-state index is -0.942. The SMILES string of the molecule is Cl.Cn1ncc(Cl)c1-c1cc(C(=O)NC(CN)Cc2ccc(F)c(F)c2)sc1Cl. The number of hydrogen-bond donors (Lipinski definition) is 2. The van der Waals surface area contributed by atoms with Crippen LogP contribution >= 0.6 is 46.9 Å². The summed E-state index contributed by atoms with van der Waals surface area (Å²) in [5.74, 6) is -2.23. The summed E-state index contributed by atoms with van der Waals surface area (Å²) >= 11 is 13.5. The van der Waals surface area contributed by atoms with Crippen molar-refractivity contribution in [1.29, 1.82) is 0 Å². The van der Waals surface area contributed by atoms with E-state index in [0.29, 0.717) is 31.1 Å². The smallest absolute Gasteiger partial charge is 0.261 e. The number of nitrogens with one attached hydrogen (secondary N) is 1. The number of thiophene rings is 1. The normalized spacial score (nSPS) is 11.8. The summed E-state index contributed by atoms with van der Waals surface area (Å²) in [6, 6.07) is 4.77. The molecule has 0 saturated carbocycles. The highest BCUT2D eigenvalue weighted by molar-refractivity contribution is 7.18. The van der Waals surface area contributed by atoms with E-state index < -0.39 is 17.7 Å². The quantitative estimate of drug-likeness (QED) is 0.546. The zero-order valence-corrected chi connectivity index (χ0v) is 18.2. The highest BCUT2D eigenvalue weighted by atomic mass is 35.5. The van der Waals surface area contributed by atoms with Gasteiger partial charge in [0.2, 0.25) is 0 Å². The maximum absolute atomic E-state index is 13.4. The number of halogens is 5. The topological polar surface area (TPSA) is 72.9 Å². The Morgan fingerprint density at radius 2 is 2.03 bits per heavy atom. The highest BCUT2D eigenvalue weighted by Gasteiger charge is 2.21. The third-order valence-corrected chi connectivity index (χ3v) is 5.78. The Hall–Kier alpha value is -1.71. The number of aryl methyl sites for hydroxylation is 1. The van der Waals surface area contributed by atoms with Crippen molar-refractivity contribution >= 4 is 52.9 Å². The molecule has 3 N–H and O–H groups in total. The fraction of sp³-hybridized carbons (Fsp3) is 0.222. The number of nitrogens with two attached hydrogens (primary N) is 1. The summed E-state index contributed by atoms with van der Waals surface area (Å²) in [5.41, 5.74) is 7.48. The molecule has 11 heteroatoms. The average molecular weight is 482 g/mol. The van der Waals surface area contributed by atoms with Gasteiger partial charge < -0.3 is 11.1 Å². The largest absolute Gasteiger partial charge is 0.347 e. The standard InChI is InChI=1S/C18H16Cl2F2N4OS.ClH/c1-26-16(12(19)8-24-26)11-6-15(28-17(11)20)18(27)25-10(7-23)4-9-2-3-13(21)14(22)5-9;/h2-3,5-6,8,10H,4,7,23H2,1H3,(H,25,27);1H. The zero-order chi connectivity index (χ0) is 20.4. The fourth-order valence-electron chi connectivity index (χ4n) is 2.76. The van der Waals surface area contributed by atoms with Crippen LogP contribution < -0.4 is 11.1 Å². The molecule has 0 spiro atoms. The lowest BCUT2D eigenvalue weighted by Gasteiger charge is -2.16. The lowest BCUT2D eigenvalue weighted by atomic mass is 10.1. The molecule has 29 heavy (non-hydrogen) atoms. The highest BCUT2D eigenvalue weighted by Crippen LogP contribution is 2.38. The van der Waals surface area contributed by atoms with Crippen LogP contribution in [0.2, 0.25) is 9.36 Å². The Kier molecular flexibility index (Phi) is 8.02. The second kappa shape index (κ2) is 9.86. The van der Waals surface area contributed by atoms with E-state index in [1.165, 1.54) is 12.3 Å². The molecule has 5 nitrogen and oxygen atoms in total. The Labute approximate surface area is 186 Å². The molecule has 0 saturated heterocycles. The Morgan fingerprint density at radius 1 is 1.31 bits per heavy atom. The van der Waals surface area contributed by atoms with Crippen LogP contribution in [0.5, 0.6) is 0 Å². The summed E-state index contributed by atoms with van der Waals surface area (Å²) in [7, 11) is 1.72. The van der Waals surface area contributed by atoms with Crippen molar-refractivity contribution in [3.63, 3.8) is 0 Å². The number of amides is 1. The van der Waals surface area contributed by atoms with Gasteiger partial charge in [-0.25, -0.2) is 8.78 Å². The summed E-state index contributed by atoms with van der Waals surface area (Å²) < 4.78 is 28.4. The summed E-state index contributed by atoms with van der Waals surface area (Å²) in [5, 5.41) is 7.29. The van der Waals surface area contributed by atoms with E-state index in [0.717, 1.165) is 23.5 Å². The fourth-order valence-corrected chi connectivity index (χ4v) is 4.21. The van der Waals surface area contributed by atoms with Crippen molar-refractivity contribution in [1.82, 2.24) is 15.1 Å². The summed E-state index contributed by atoms with van der Waals surface area (Å²) in [6.07, 6.45) is 1.76. The first-order valence-electron chi connectivity index (χ1n) is 8.22. The average Bonchev–Trinajstić information content (AvgIpc) is 3.19. The van der Waals surface area contributed by atoms with Gasteiger partial charge in [-0.15, -0.1) is 23.7 Å². The van der Waals surface area contributed by atoms with Crippen molar-refractivity contribution in [3.8, 4) is 11.3 Å². The van der Waals surface area contributed by atoms with Gasteiger partial charge in [0.15, 0.2) is 11.6 Å². The molecule has 2 heterocycles. The molecule has 156 valence electrons. The first kappa shape index (κ1) is 23.6. The Morgan fingerprint density at radius 3 is 2.62 bits per heavy atom. The van der Waals surface area contributed by atoms with Crippen LogP contribution in [0.3, 0.4) is 0 Å². The van der Waals surface area contributed by atoms with Gasteiger partial charge in [-0.2, -0.15) is 5.10 Å². The third kappa shape index (κ3) is 5.26. The van der Waals surface area contributed by atoms with Gasteiger partial charge in [0.1, 0.15) is 4.34 Å². The molecule has 0 aliphatic heterocycles. The van der Waals surface area contributed by atoms with Gasteiger partial charge in [-0.1, -0.05) is 29.3 Å². The first-order valence-corrected chi connectivity index (χ1v) is 9.79. The Bertz CT molecular complexity index is 1010. The molecule has 2 aromatic heterocycles.